The highest BCUT2D eigenvalue weighted by Gasteiger charge is 2.35. The number of fused-ring (bicyclic) bond motifs is 1. The van der Waals surface area contributed by atoms with E-state index in [4.69, 9.17) is 5.10 Å². The Balaban J connectivity index is 1.87. The lowest BCUT2D eigenvalue weighted by molar-refractivity contribution is -0.142. The van der Waals surface area contributed by atoms with E-state index in [1.807, 2.05) is 32.5 Å². The van der Waals surface area contributed by atoms with E-state index >= 15 is 0 Å². The molecule has 1 fully saturated rings. The fourth-order valence-corrected chi connectivity index (χ4v) is 4.00. The van der Waals surface area contributed by atoms with Crippen LogP contribution in [0.25, 0.3) is 0 Å². The van der Waals surface area contributed by atoms with E-state index in [0.29, 0.717) is 12.6 Å². The van der Waals surface area contributed by atoms with E-state index in [1.165, 1.54) is 30.5 Å². The topological polar surface area (TPSA) is 38.1 Å². The molecule has 1 heterocycles. The Morgan fingerprint density at radius 1 is 1.23 bits per heavy atom. The lowest BCUT2D eigenvalue weighted by Gasteiger charge is -2.34. The molecule has 4 nitrogen and oxygen atoms in total. The second kappa shape index (κ2) is 5.71. The molecule has 0 atom stereocenters. The van der Waals surface area contributed by atoms with E-state index in [1.54, 1.807) is 0 Å². The van der Waals surface area contributed by atoms with Crippen LogP contribution in [0.4, 0.5) is 0 Å². The number of hydrogen-bond acceptors (Lipinski definition) is 2. The van der Waals surface area contributed by atoms with Gasteiger partial charge in [0.25, 0.3) is 0 Å². The molecule has 0 bridgehead atoms. The van der Waals surface area contributed by atoms with Gasteiger partial charge in [0.15, 0.2) is 0 Å². The molecular weight excluding hydrogens is 274 g/mol. The van der Waals surface area contributed by atoms with Crippen molar-refractivity contribution in [3.8, 4) is 0 Å². The van der Waals surface area contributed by atoms with Crippen molar-refractivity contribution in [1.82, 2.24) is 14.7 Å². The average molecular weight is 303 g/mol. The van der Waals surface area contributed by atoms with Gasteiger partial charge < -0.3 is 4.90 Å². The van der Waals surface area contributed by atoms with Gasteiger partial charge >= 0.3 is 0 Å². The summed E-state index contributed by atoms with van der Waals surface area (Å²) in [6.45, 7) is 6.78. The number of amides is 1. The number of hydrogen-bond donors (Lipinski definition) is 0. The smallest absolute Gasteiger partial charge is 0.228 e. The van der Waals surface area contributed by atoms with Gasteiger partial charge in [0.2, 0.25) is 5.91 Å². The summed E-state index contributed by atoms with van der Waals surface area (Å²) in [6, 6.07) is 0.408. The van der Waals surface area contributed by atoms with Crippen LogP contribution in [0.2, 0.25) is 0 Å². The summed E-state index contributed by atoms with van der Waals surface area (Å²) in [4.78, 5) is 15.1. The molecule has 122 valence electrons. The third-order valence-corrected chi connectivity index (χ3v) is 5.19. The molecule has 0 saturated heterocycles. The molecule has 22 heavy (non-hydrogen) atoms. The number of rotatable bonds is 3. The highest BCUT2D eigenvalue weighted by atomic mass is 16.2. The highest BCUT2D eigenvalue weighted by Crippen LogP contribution is 2.31. The van der Waals surface area contributed by atoms with Crippen LogP contribution in [0.3, 0.4) is 0 Å². The second-order valence-corrected chi connectivity index (χ2v) is 7.97. The molecule has 3 rings (SSSR count). The van der Waals surface area contributed by atoms with Gasteiger partial charge in [-0.15, -0.1) is 0 Å². The van der Waals surface area contributed by atoms with Gasteiger partial charge in [0.1, 0.15) is 0 Å². The Labute approximate surface area is 133 Å². The van der Waals surface area contributed by atoms with Crippen molar-refractivity contribution in [2.24, 2.45) is 12.5 Å². The quantitative estimate of drug-likeness (QED) is 0.860. The summed E-state index contributed by atoms with van der Waals surface area (Å²) >= 11 is 0. The first-order valence-electron chi connectivity index (χ1n) is 8.72. The van der Waals surface area contributed by atoms with E-state index in [-0.39, 0.29) is 11.3 Å². The first-order valence-corrected chi connectivity index (χ1v) is 8.72. The van der Waals surface area contributed by atoms with E-state index in [2.05, 4.69) is 4.90 Å². The fourth-order valence-electron chi connectivity index (χ4n) is 4.00. The third kappa shape index (κ3) is 2.80. The molecule has 0 aliphatic heterocycles. The number of aromatic nitrogens is 2. The summed E-state index contributed by atoms with van der Waals surface area (Å²) in [5.74, 6) is 0.275. The molecule has 0 unspecified atom stereocenters. The van der Waals surface area contributed by atoms with Gasteiger partial charge in [-0.2, -0.15) is 5.10 Å². The number of aryl methyl sites for hydroxylation is 1. The Hall–Kier alpha value is -1.32. The molecule has 1 aromatic heterocycles. The van der Waals surface area contributed by atoms with Crippen LogP contribution >= 0.6 is 0 Å². The maximum absolute atomic E-state index is 13.0. The van der Waals surface area contributed by atoms with E-state index in [0.717, 1.165) is 31.4 Å². The molecule has 2 aliphatic carbocycles. The van der Waals surface area contributed by atoms with Crippen molar-refractivity contribution in [3.63, 3.8) is 0 Å². The first-order chi connectivity index (χ1) is 10.4. The van der Waals surface area contributed by atoms with Gasteiger partial charge in [0.05, 0.1) is 12.2 Å². The van der Waals surface area contributed by atoms with Gasteiger partial charge in [-0.05, 0) is 37.7 Å². The van der Waals surface area contributed by atoms with Gasteiger partial charge in [-0.1, -0.05) is 33.6 Å². The largest absolute Gasteiger partial charge is 0.333 e. The lowest BCUT2D eigenvalue weighted by Crippen LogP contribution is -2.44. The van der Waals surface area contributed by atoms with Crippen molar-refractivity contribution >= 4 is 5.91 Å². The fraction of sp³-hybridized carbons (Fsp3) is 0.778. The maximum atomic E-state index is 13.0. The molecule has 0 radical (unpaired) electrons. The van der Waals surface area contributed by atoms with Gasteiger partial charge in [-0.25, -0.2) is 0 Å². The summed E-state index contributed by atoms with van der Waals surface area (Å²) in [6.07, 6.45) is 8.28. The van der Waals surface area contributed by atoms with Crippen LogP contribution in [0, 0.1) is 5.41 Å². The predicted molar refractivity (Wildman–Crippen MR) is 87.5 cm³/mol. The standard InChI is InChI=1S/C18H29N3O/c1-18(2,3)17(22)21(13-8-5-6-9-13)12-15-14-10-7-11-16(14)20(4)19-15/h13H,5-12H2,1-4H3. The first kappa shape index (κ1) is 15.6. The van der Waals surface area contributed by atoms with Gasteiger partial charge in [0, 0.05) is 24.2 Å². The summed E-state index contributed by atoms with van der Waals surface area (Å²) in [7, 11) is 2.04. The SMILES string of the molecule is Cn1nc(CN(C(=O)C(C)(C)C)C2CCCC2)c2c1CCC2. The zero-order valence-corrected chi connectivity index (χ0v) is 14.5. The minimum atomic E-state index is -0.319. The van der Waals surface area contributed by atoms with Crippen molar-refractivity contribution < 1.29 is 4.79 Å². The number of nitrogens with zero attached hydrogens (tertiary/aromatic N) is 3. The van der Waals surface area contributed by atoms with Crippen LogP contribution in [0.5, 0.6) is 0 Å². The van der Waals surface area contributed by atoms with Crippen LogP contribution in [0.15, 0.2) is 0 Å². The lowest BCUT2D eigenvalue weighted by atomic mass is 9.93. The number of carbonyl (C=O) groups excluding carboxylic acids is 1. The van der Waals surface area contributed by atoms with Crippen LogP contribution in [-0.4, -0.2) is 26.6 Å². The Morgan fingerprint density at radius 3 is 2.55 bits per heavy atom. The minimum absolute atomic E-state index is 0.275. The zero-order chi connectivity index (χ0) is 15.9. The highest BCUT2D eigenvalue weighted by molar-refractivity contribution is 5.81. The monoisotopic (exact) mass is 303 g/mol. The molecule has 1 aromatic rings. The molecular formula is C18H29N3O. The van der Waals surface area contributed by atoms with Crippen molar-refractivity contribution in [2.75, 3.05) is 0 Å². The Bertz CT molecular complexity index is 562. The molecule has 0 spiro atoms. The number of carbonyl (C=O) groups is 1. The van der Waals surface area contributed by atoms with Crippen LogP contribution in [0.1, 0.15) is 69.8 Å². The minimum Gasteiger partial charge on any atom is -0.333 e. The Kier molecular flexibility index (Phi) is 4.04. The summed E-state index contributed by atoms with van der Waals surface area (Å²) < 4.78 is 2.03. The molecule has 4 heteroatoms. The normalized spacial score (nSPS) is 18.7. The van der Waals surface area contributed by atoms with Crippen molar-refractivity contribution in [3.05, 3.63) is 17.0 Å². The van der Waals surface area contributed by atoms with Crippen LogP contribution < -0.4 is 0 Å². The third-order valence-electron chi connectivity index (χ3n) is 5.19. The average Bonchev–Trinajstić information content (AvgIpc) is 3.14. The molecule has 0 aromatic carbocycles. The van der Waals surface area contributed by atoms with Crippen molar-refractivity contribution in [2.45, 2.75) is 78.3 Å². The van der Waals surface area contributed by atoms with Crippen LogP contribution in [-0.2, 0) is 31.2 Å². The Morgan fingerprint density at radius 2 is 1.91 bits per heavy atom. The molecule has 2 aliphatic rings. The van der Waals surface area contributed by atoms with E-state index < -0.39 is 0 Å². The molecule has 1 amide bonds. The zero-order valence-electron chi connectivity index (χ0n) is 14.5. The second-order valence-electron chi connectivity index (χ2n) is 7.97. The van der Waals surface area contributed by atoms with Crippen molar-refractivity contribution in [1.29, 1.82) is 0 Å². The van der Waals surface area contributed by atoms with Gasteiger partial charge in [-0.3, -0.25) is 9.48 Å². The van der Waals surface area contributed by atoms with E-state index in [9.17, 15) is 4.79 Å². The predicted octanol–water partition coefficient (Wildman–Crippen LogP) is 3.23. The summed E-state index contributed by atoms with van der Waals surface area (Å²) in [5, 5.41) is 4.73. The summed E-state index contributed by atoms with van der Waals surface area (Å²) in [5.41, 5.74) is 3.61. The molecule has 0 N–H and O–H groups in total. The molecule has 1 saturated carbocycles. The maximum Gasteiger partial charge on any atom is 0.228 e.